The Kier molecular flexibility index (Phi) is 4.71. The van der Waals surface area contributed by atoms with Gasteiger partial charge in [0.15, 0.2) is 11.6 Å². The summed E-state index contributed by atoms with van der Waals surface area (Å²) >= 11 is 0. The molecule has 1 aliphatic heterocycles. The van der Waals surface area contributed by atoms with Gasteiger partial charge in [-0.2, -0.15) is 13.2 Å². The second-order valence-electron chi connectivity index (χ2n) is 6.12. The third-order valence-corrected chi connectivity index (χ3v) is 4.49. The molecule has 0 amide bonds. The average Bonchev–Trinajstić information content (AvgIpc) is 3.04. The molecule has 3 nitrogen and oxygen atoms in total. The Labute approximate surface area is 142 Å². The van der Waals surface area contributed by atoms with E-state index in [9.17, 15) is 22.7 Å². The molecule has 7 heteroatoms. The molecular formula is C18H17F4NO2. The summed E-state index contributed by atoms with van der Waals surface area (Å²) in [5, 5.41) is 12.5. The van der Waals surface area contributed by atoms with Crippen LogP contribution in [0.1, 0.15) is 12.0 Å². The van der Waals surface area contributed by atoms with Crippen molar-refractivity contribution in [2.75, 3.05) is 13.2 Å². The first-order chi connectivity index (χ1) is 11.8. The first-order valence-corrected chi connectivity index (χ1v) is 7.79. The highest BCUT2D eigenvalue weighted by Crippen LogP contribution is 2.41. The molecule has 2 atom stereocenters. The number of benzene rings is 2. The lowest BCUT2D eigenvalue weighted by atomic mass is 9.86. The number of hydrogen-bond acceptors (Lipinski definition) is 3. The lowest BCUT2D eigenvalue weighted by molar-refractivity contribution is -0.170. The summed E-state index contributed by atoms with van der Waals surface area (Å²) in [5.41, 5.74) is -0.612. The largest absolute Gasteiger partial charge is 0.454 e. The molecule has 3 rings (SSSR count). The van der Waals surface area contributed by atoms with Crippen LogP contribution in [-0.2, 0) is 5.54 Å². The maximum atomic E-state index is 13.6. The van der Waals surface area contributed by atoms with Crippen LogP contribution < -0.4 is 10.1 Å². The van der Waals surface area contributed by atoms with Gasteiger partial charge in [0.1, 0.15) is 5.75 Å². The van der Waals surface area contributed by atoms with Crippen molar-refractivity contribution in [3.05, 3.63) is 59.9 Å². The molecule has 1 saturated heterocycles. The first-order valence-electron chi connectivity index (χ1n) is 7.79. The summed E-state index contributed by atoms with van der Waals surface area (Å²) in [6.45, 7) is -0.690. The third kappa shape index (κ3) is 3.62. The highest BCUT2D eigenvalue weighted by Gasteiger charge is 2.50. The summed E-state index contributed by atoms with van der Waals surface area (Å²) in [6, 6.07) is 12.2. The Hall–Kier alpha value is -2.12. The smallest absolute Gasteiger partial charge is 0.393 e. The van der Waals surface area contributed by atoms with Gasteiger partial charge in [0, 0.05) is 6.54 Å². The molecule has 0 spiro atoms. The van der Waals surface area contributed by atoms with Gasteiger partial charge in [-0.3, -0.25) is 0 Å². The zero-order valence-electron chi connectivity index (χ0n) is 13.2. The van der Waals surface area contributed by atoms with Crippen LogP contribution >= 0.6 is 0 Å². The fourth-order valence-corrected chi connectivity index (χ4v) is 3.04. The zero-order valence-corrected chi connectivity index (χ0v) is 13.2. The molecule has 2 aromatic carbocycles. The van der Waals surface area contributed by atoms with E-state index in [-0.39, 0.29) is 18.7 Å². The van der Waals surface area contributed by atoms with Crippen molar-refractivity contribution in [1.29, 1.82) is 0 Å². The number of para-hydroxylation sites is 1. The van der Waals surface area contributed by atoms with Crippen molar-refractivity contribution in [1.82, 2.24) is 5.32 Å². The van der Waals surface area contributed by atoms with Crippen molar-refractivity contribution < 1.29 is 27.4 Å². The Morgan fingerprint density at radius 1 is 1.12 bits per heavy atom. The zero-order chi connectivity index (χ0) is 18.1. The fourth-order valence-electron chi connectivity index (χ4n) is 3.04. The summed E-state index contributed by atoms with van der Waals surface area (Å²) in [7, 11) is 0. The summed E-state index contributed by atoms with van der Waals surface area (Å²) in [4.78, 5) is 0. The molecule has 0 bridgehead atoms. The number of nitrogens with one attached hydrogen (secondary N) is 1. The molecule has 25 heavy (non-hydrogen) atoms. The van der Waals surface area contributed by atoms with Gasteiger partial charge in [0.05, 0.1) is 18.1 Å². The van der Waals surface area contributed by atoms with Crippen LogP contribution in [0.2, 0.25) is 0 Å². The van der Waals surface area contributed by atoms with Crippen LogP contribution in [0.3, 0.4) is 0 Å². The second kappa shape index (κ2) is 6.65. The number of alkyl halides is 3. The van der Waals surface area contributed by atoms with Gasteiger partial charge >= 0.3 is 6.18 Å². The molecule has 134 valence electrons. The van der Waals surface area contributed by atoms with E-state index >= 15 is 0 Å². The molecule has 1 heterocycles. The van der Waals surface area contributed by atoms with Gasteiger partial charge in [0.2, 0.25) is 0 Å². The summed E-state index contributed by atoms with van der Waals surface area (Å²) in [6.07, 6.45) is -4.54. The highest BCUT2D eigenvalue weighted by molar-refractivity contribution is 5.36. The van der Waals surface area contributed by atoms with Crippen molar-refractivity contribution in [2.45, 2.75) is 18.1 Å². The van der Waals surface area contributed by atoms with Crippen LogP contribution in [0, 0.1) is 11.7 Å². The van der Waals surface area contributed by atoms with E-state index in [0.717, 1.165) is 0 Å². The minimum atomic E-state index is -4.31. The molecule has 0 aliphatic carbocycles. The average molecular weight is 355 g/mol. The molecule has 0 saturated carbocycles. The van der Waals surface area contributed by atoms with E-state index in [0.29, 0.717) is 11.3 Å². The minimum absolute atomic E-state index is 0.0586. The van der Waals surface area contributed by atoms with Crippen LogP contribution in [0.15, 0.2) is 48.5 Å². The quantitative estimate of drug-likeness (QED) is 0.816. The SMILES string of the molecule is OC[C@@]1(c2ccc(Oc3ccccc3F)cc2)C[C@H](C(F)(F)F)CN1. The predicted molar refractivity (Wildman–Crippen MR) is 83.8 cm³/mol. The molecule has 2 N–H and O–H groups in total. The van der Waals surface area contributed by atoms with Crippen molar-refractivity contribution in [3.63, 3.8) is 0 Å². The van der Waals surface area contributed by atoms with E-state index < -0.39 is 30.1 Å². The molecule has 1 fully saturated rings. The molecule has 0 radical (unpaired) electrons. The normalized spacial score (nSPS) is 23.6. The molecule has 2 aromatic rings. The maximum absolute atomic E-state index is 13.6. The summed E-state index contributed by atoms with van der Waals surface area (Å²) in [5.74, 6) is -1.60. The molecule has 1 aliphatic rings. The molecule has 0 unspecified atom stereocenters. The predicted octanol–water partition coefficient (Wildman–Crippen LogP) is 3.98. The van der Waals surface area contributed by atoms with Gasteiger partial charge in [-0.05, 0) is 36.2 Å². The lowest BCUT2D eigenvalue weighted by Crippen LogP contribution is -2.40. The van der Waals surface area contributed by atoms with Crippen LogP contribution in [0.5, 0.6) is 11.5 Å². The van der Waals surface area contributed by atoms with Gasteiger partial charge < -0.3 is 15.2 Å². The number of hydrogen-bond donors (Lipinski definition) is 2. The van der Waals surface area contributed by atoms with E-state index in [1.165, 1.54) is 12.1 Å². The molecular weight excluding hydrogens is 338 g/mol. The third-order valence-electron chi connectivity index (χ3n) is 4.49. The topological polar surface area (TPSA) is 41.5 Å². The Bertz CT molecular complexity index is 733. The van der Waals surface area contributed by atoms with Crippen molar-refractivity contribution >= 4 is 0 Å². The standard InChI is InChI=1S/C18H17F4NO2/c19-15-3-1-2-4-16(15)25-14-7-5-12(6-8-14)17(11-24)9-13(10-23-17)18(20,21)22/h1-8,13,23-24H,9-11H2/t13-,17+/m0/s1. The summed E-state index contributed by atoms with van der Waals surface area (Å²) < 4.78 is 57.8. The maximum Gasteiger partial charge on any atom is 0.393 e. The van der Waals surface area contributed by atoms with Crippen molar-refractivity contribution in [3.8, 4) is 11.5 Å². The number of ether oxygens (including phenoxy) is 1. The van der Waals surface area contributed by atoms with E-state index in [1.54, 1.807) is 36.4 Å². The van der Waals surface area contributed by atoms with Gasteiger partial charge in [-0.1, -0.05) is 24.3 Å². The molecule has 0 aromatic heterocycles. The number of halogens is 4. The van der Waals surface area contributed by atoms with Gasteiger partial charge in [-0.15, -0.1) is 0 Å². The number of aliphatic hydroxyl groups excluding tert-OH is 1. The second-order valence-corrected chi connectivity index (χ2v) is 6.12. The van der Waals surface area contributed by atoms with E-state index in [1.807, 2.05) is 0 Å². The monoisotopic (exact) mass is 355 g/mol. The van der Waals surface area contributed by atoms with Crippen molar-refractivity contribution in [2.24, 2.45) is 5.92 Å². The van der Waals surface area contributed by atoms with Crippen LogP contribution in [-0.4, -0.2) is 24.4 Å². The van der Waals surface area contributed by atoms with Crippen LogP contribution in [0.25, 0.3) is 0 Å². The van der Waals surface area contributed by atoms with Gasteiger partial charge in [-0.25, -0.2) is 4.39 Å². The van der Waals surface area contributed by atoms with Gasteiger partial charge in [0.25, 0.3) is 0 Å². The highest BCUT2D eigenvalue weighted by atomic mass is 19.4. The first kappa shape index (κ1) is 17.7. The number of rotatable bonds is 4. The lowest BCUT2D eigenvalue weighted by Gasteiger charge is -2.28. The Morgan fingerprint density at radius 3 is 2.36 bits per heavy atom. The van der Waals surface area contributed by atoms with E-state index in [4.69, 9.17) is 4.74 Å². The minimum Gasteiger partial charge on any atom is -0.454 e. The van der Waals surface area contributed by atoms with Crippen LogP contribution in [0.4, 0.5) is 17.6 Å². The number of aliphatic hydroxyl groups is 1. The van der Waals surface area contributed by atoms with E-state index in [2.05, 4.69) is 5.32 Å². The fraction of sp³-hybridized carbons (Fsp3) is 0.333. The Balaban J connectivity index is 1.78. The Morgan fingerprint density at radius 2 is 1.80 bits per heavy atom.